The summed E-state index contributed by atoms with van der Waals surface area (Å²) in [4.78, 5) is 39.2. The predicted molar refractivity (Wildman–Crippen MR) is 156 cm³/mol. The van der Waals surface area contributed by atoms with E-state index in [9.17, 15) is 14.4 Å². The summed E-state index contributed by atoms with van der Waals surface area (Å²) < 4.78 is 16.7. The van der Waals surface area contributed by atoms with Gasteiger partial charge in [0.2, 0.25) is 5.91 Å². The van der Waals surface area contributed by atoms with E-state index in [0.29, 0.717) is 0 Å². The van der Waals surface area contributed by atoms with Gasteiger partial charge in [0.25, 0.3) is 0 Å². The van der Waals surface area contributed by atoms with Crippen molar-refractivity contribution in [3.05, 3.63) is 95.6 Å². The zero-order chi connectivity index (χ0) is 29.6. The van der Waals surface area contributed by atoms with Crippen LogP contribution in [0.3, 0.4) is 0 Å². The smallest absolute Gasteiger partial charge is 0.407 e. The Kier molecular flexibility index (Phi) is 9.45. The molecule has 0 unspecified atom stereocenters. The first-order valence-corrected chi connectivity index (χ1v) is 13.8. The van der Waals surface area contributed by atoms with Gasteiger partial charge < -0.3 is 24.8 Å². The zero-order valence-corrected chi connectivity index (χ0v) is 24.2. The Morgan fingerprint density at radius 3 is 1.95 bits per heavy atom. The van der Waals surface area contributed by atoms with Crippen LogP contribution in [0.1, 0.15) is 50.3 Å². The molecule has 0 saturated heterocycles. The second-order valence-corrected chi connectivity index (χ2v) is 11.2. The summed E-state index contributed by atoms with van der Waals surface area (Å²) in [5.41, 5.74) is 4.67. The van der Waals surface area contributed by atoms with Crippen molar-refractivity contribution >= 4 is 18.0 Å². The average Bonchev–Trinajstić information content (AvgIpc) is 3.27. The largest absolute Gasteiger partial charge is 0.467 e. The van der Waals surface area contributed by atoms with Gasteiger partial charge in [-0.15, -0.1) is 0 Å². The van der Waals surface area contributed by atoms with Crippen molar-refractivity contribution in [2.75, 3.05) is 13.7 Å². The van der Waals surface area contributed by atoms with Crippen LogP contribution in [0.2, 0.25) is 0 Å². The molecule has 0 aliphatic heterocycles. The van der Waals surface area contributed by atoms with E-state index in [4.69, 9.17) is 14.2 Å². The fraction of sp³-hybridized carbons (Fsp3) is 0.364. The molecular weight excluding hydrogens is 520 g/mol. The first-order valence-electron chi connectivity index (χ1n) is 13.8. The monoisotopic (exact) mass is 558 g/mol. The van der Waals surface area contributed by atoms with Crippen molar-refractivity contribution in [2.24, 2.45) is 0 Å². The van der Waals surface area contributed by atoms with E-state index < -0.39 is 41.8 Å². The molecule has 0 radical (unpaired) electrons. The van der Waals surface area contributed by atoms with Gasteiger partial charge in [0.1, 0.15) is 18.7 Å². The highest BCUT2D eigenvalue weighted by Gasteiger charge is 2.35. The quantitative estimate of drug-likeness (QED) is 0.340. The summed E-state index contributed by atoms with van der Waals surface area (Å²) >= 11 is 0. The SMILES string of the molecule is COC(=O)[C@H](Cc1ccccc1)NC(=O)[C@@H](NC(=O)OCC1c2ccccc2-c2ccccc21)[C@@H](C)OC(C)(C)C. The summed E-state index contributed by atoms with van der Waals surface area (Å²) in [6, 6.07) is 23.3. The number of methoxy groups -OCH3 is 1. The van der Waals surface area contributed by atoms with Gasteiger partial charge in [0.05, 0.1) is 18.8 Å². The highest BCUT2D eigenvalue weighted by Crippen LogP contribution is 2.44. The minimum Gasteiger partial charge on any atom is -0.467 e. The van der Waals surface area contributed by atoms with Crippen molar-refractivity contribution in [1.82, 2.24) is 10.6 Å². The highest BCUT2D eigenvalue weighted by molar-refractivity contribution is 5.90. The number of amides is 2. The topological polar surface area (TPSA) is 103 Å². The number of rotatable bonds is 10. The number of alkyl carbamates (subject to hydrolysis) is 1. The summed E-state index contributed by atoms with van der Waals surface area (Å²) in [5, 5.41) is 5.43. The van der Waals surface area contributed by atoms with Gasteiger partial charge in [-0.1, -0.05) is 78.9 Å². The van der Waals surface area contributed by atoms with Crippen molar-refractivity contribution in [3.8, 4) is 11.1 Å². The van der Waals surface area contributed by atoms with Crippen LogP contribution >= 0.6 is 0 Å². The Morgan fingerprint density at radius 2 is 1.39 bits per heavy atom. The number of carbonyl (C=O) groups is 3. The Labute approximate surface area is 241 Å². The predicted octanol–water partition coefficient (Wildman–Crippen LogP) is 5.00. The molecular formula is C33H38N2O6. The summed E-state index contributed by atoms with van der Waals surface area (Å²) in [7, 11) is 1.27. The normalized spacial score (nSPS) is 14.7. The van der Waals surface area contributed by atoms with Crippen LogP contribution in [0.4, 0.5) is 4.79 Å². The molecule has 3 aromatic carbocycles. The van der Waals surface area contributed by atoms with Crippen LogP contribution in [0, 0.1) is 0 Å². The van der Waals surface area contributed by atoms with E-state index in [1.54, 1.807) is 6.92 Å². The Morgan fingerprint density at radius 1 is 0.829 bits per heavy atom. The molecule has 0 bridgehead atoms. The molecule has 216 valence electrons. The number of ether oxygens (including phenoxy) is 3. The molecule has 0 heterocycles. The maximum Gasteiger partial charge on any atom is 0.407 e. The molecule has 0 fully saturated rings. The molecule has 4 rings (SSSR count). The lowest BCUT2D eigenvalue weighted by molar-refractivity contribution is -0.146. The van der Waals surface area contributed by atoms with Crippen molar-refractivity contribution in [1.29, 1.82) is 0 Å². The fourth-order valence-corrected chi connectivity index (χ4v) is 5.24. The molecule has 8 heteroatoms. The molecule has 3 atom stereocenters. The van der Waals surface area contributed by atoms with Gasteiger partial charge in [0.15, 0.2) is 0 Å². The van der Waals surface area contributed by atoms with E-state index in [2.05, 4.69) is 22.8 Å². The number of benzene rings is 3. The molecule has 1 aliphatic carbocycles. The van der Waals surface area contributed by atoms with Crippen LogP contribution in [0.25, 0.3) is 11.1 Å². The first kappa shape index (κ1) is 29.8. The molecule has 2 amide bonds. The fourth-order valence-electron chi connectivity index (χ4n) is 5.24. The molecule has 0 spiro atoms. The Balaban J connectivity index is 1.48. The number of carbonyl (C=O) groups excluding carboxylic acids is 3. The highest BCUT2D eigenvalue weighted by atomic mass is 16.6. The molecule has 1 aliphatic rings. The van der Waals surface area contributed by atoms with Gasteiger partial charge in [0, 0.05) is 12.3 Å². The first-order chi connectivity index (χ1) is 19.6. The van der Waals surface area contributed by atoms with Crippen molar-refractivity contribution in [3.63, 3.8) is 0 Å². The second kappa shape index (κ2) is 13.0. The number of hydrogen-bond acceptors (Lipinski definition) is 6. The van der Waals surface area contributed by atoms with Crippen LogP contribution in [0.15, 0.2) is 78.9 Å². The molecule has 41 heavy (non-hydrogen) atoms. The van der Waals surface area contributed by atoms with Gasteiger partial charge in [-0.2, -0.15) is 0 Å². The lowest BCUT2D eigenvalue weighted by Gasteiger charge is -2.31. The number of nitrogens with one attached hydrogen (secondary N) is 2. The van der Waals surface area contributed by atoms with Crippen LogP contribution < -0.4 is 10.6 Å². The molecule has 3 aromatic rings. The van der Waals surface area contributed by atoms with E-state index in [-0.39, 0.29) is 18.9 Å². The van der Waals surface area contributed by atoms with Crippen LogP contribution in [-0.2, 0) is 30.2 Å². The van der Waals surface area contributed by atoms with E-state index in [1.165, 1.54) is 7.11 Å². The second-order valence-electron chi connectivity index (χ2n) is 11.2. The summed E-state index contributed by atoms with van der Waals surface area (Å²) in [6.45, 7) is 7.38. The lowest BCUT2D eigenvalue weighted by Crippen LogP contribution is -2.57. The number of fused-ring (bicyclic) bond motifs is 3. The van der Waals surface area contributed by atoms with Gasteiger partial charge in [-0.25, -0.2) is 9.59 Å². The average molecular weight is 559 g/mol. The van der Waals surface area contributed by atoms with Crippen molar-refractivity contribution < 1.29 is 28.6 Å². The third-order valence-corrected chi connectivity index (χ3v) is 6.99. The molecule has 8 nitrogen and oxygen atoms in total. The third kappa shape index (κ3) is 7.52. The maximum atomic E-state index is 13.5. The molecule has 0 aromatic heterocycles. The van der Waals surface area contributed by atoms with E-state index in [0.717, 1.165) is 27.8 Å². The molecule has 0 saturated carbocycles. The standard InChI is InChI=1S/C33H38N2O6/c1-21(41-33(2,3)4)29(30(36)34-28(31(37)39-5)19-22-13-7-6-8-14-22)35-32(38)40-20-27-25-17-11-9-15-23(25)24-16-10-12-18-26(24)27/h6-18,21,27-29H,19-20H2,1-5H3,(H,34,36)(H,35,38)/t21-,28+,29+/m1/s1. The molecule has 2 N–H and O–H groups in total. The third-order valence-electron chi connectivity index (χ3n) is 6.99. The van der Waals surface area contributed by atoms with E-state index in [1.807, 2.05) is 87.5 Å². The number of hydrogen-bond donors (Lipinski definition) is 2. The van der Waals surface area contributed by atoms with E-state index >= 15 is 0 Å². The zero-order valence-electron chi connectivity index (χ0n) is 24.2. The minimum atomic E-state index is -1.13. The Hall–Kier alpha value is -4.17. The number of esters is 1. The maximum absolute atomic E-state index is 13.5. The summed E-state index contributed by atoms with van der Waals surface area (Å²) in [6.07, 6.45) is -1.26. The van der Waals surface area contributed by atoms with Crippen LogP contribution in [-0.4, -0.2) is 55.5 Å². The minimum absolute atomic E-state index is 0.0987. The van der Waals surface area contributed by atoms with Gasteiger partial charge in [-0.05, 0) is 55.5 Å². The van der Waals surface area contributed by atoms with Crippen molar-refractivity contribution in [2.45, 2.75) is 63.8 Å². The van der Waals surface area contributed by atoms with Crippen LogP contribution in [0.5, 0.6) is 0 Å². The summed E-state index contributed by atoms with van der Waals surface area (Å²) in [5.74, 6) is -1.30. The van der Waals surface area contributed by atoms with Gasteiger partial charge in [-0.3, -0.25) is 4.79 Å². The van der Waals surface area contributed by atoms with Gasteiger partial charge >= 0.3 is 12.1 Å². The lowest BCUT2D eigenvalue weighted by atomic mass is 9.98. The Bertz CT molecular complexity index is 1320.